The van der Waals surface area contributed by atoms with Crippen LogP contribution in [0.25, 0.3) is 0 Å². The molecule has 1 heterocycles. The van der Waals surface area contributed by atoms with Crippen molar-refractivity contribution >= 4 is 11.7 Å². The van der Waals surface area contributed by atoms with Gasteiger partial charge in [-0.2, -0.15) is 0 Å². The van der Waals surface area contributed by atoms with Crippen molar-refractivity contribution in [3.63, 3.8) is 0 Å². The SMILES string of the molecule is CNc1cc(C(=O)N(C)C(C)COC)cc(C)n1. The van der Waals surface area contributed by atoms with Crippen LogP contribution in [0.4, 0.5) is 5.82 Å². The smallest absolute Gasteiger partial charge is 0.254 e. The van der Waals surface area contributed by atoms with Gasteiger partial charge in [-0.3, -0.25) is 4.79 Å². The van der Waals surface area contributed by atoms with E-state index < -0.39 is 0 Å². The zero-order valence-corrected chi connectivity index (χ0v) is 11.7. The van der Waals surface area contributed by atoms with E-state index in [4.69, 9.17) is 4.74 Å². The van der Waals surface area contributed by atoms with E-state index in [0.29, 0.717) is 18.0 Å². The maximum atomic E-state index is 12.3. The molecule has 0 aliphatic rings. The minimum atomic E-state index is -0.0263. The summed E-state index contributed by atoms with van der Waals surface area (Å²) in [6, 6.07) is 3.58. The molecule has 0 aliphatic carbocycles. The summed E-state index contributed by atoms with van der Waals surface area (Å²) < 4.78 is 5.06. The van der Waals surface area contributed by atoms with Crippen LogP contribution in [0.2, 0.25) is 0 Å². The molecule has 0 bridgehead atoms. The normalized spacial score (nSPS) is 12.1. The standard InChI is InChI=1S/C13H21N3O2/c1-9-6-11(7-12(14-3)15-9)13(17)16(4)10(2)8-18-5/h6-7,10H,8H2,1-5H3,(H,14,15). The van der Waals surface area contributed by atoms with Gasteiger partial charge in [0.1, 0.15) is 5.82 Å². The van der Waals surface area contributed by atoms with Gasteiger partial charge in [0.25, 0.3) is 5.91 Å². The van der Waals surface area contributed by atoms with Crippen molar-refractivity contribution in [2.24, 2.45) is 0 Å². The fourth-order valence-corrected chi connectivity index (χ4v) is 1.68. The molecular weight excluding hydrogens is 230 g/mol. The monoisotopic (exact) mass is 251 g/mol. The molecule has 5 nitrogen and oxygen atoms in total. The molecule has 0 saturated heterocycles. The van der Waals surface area contributed by atoms with Crippen molar-refractivity contribution in [3.05, 3.63) is 23.4 Å². The highest BCUT2D eigenvalue weighted by Gasteiger charge is 2.18. The molecular formula is C13H21N3O2. The number of aryl methyl sites for hydroxylation is 1. The fraction of sp³-hybridized carbons (Fsp3) is 0.538. The summed E-state index contributed by atoms with van der Waals surface area (Å²) in [5.74, 6) is 0.674. The van der Waals surface area contributed by atoms with Gasteiger partial charge in [0, 0.05) is 32.5 Å². The maximum absolute atomic E-state index is 12.3. The molecule has 0 aliphatic heterocycles. The summed E-state index contributed by atoms with van der Waals surface area (Å²) in [5, 5.41) is 2.95. The van der Waals surface area contributed by atoms with E-state index >= 15 is 0 Å². The van der Waals surface area contributed by atoms with Gasteiger partial charge < -0.3 is 15.0 Å². The van der Waals surface area contributed by atoms with Crippen LogP contribution in [0.5, 0.6) is 0 Å². The minimum Gasteiger partial charge on any atom is -0.383 e. The average Bonchev–Trinajstić information content (AvgIpc) is 2.36. The molecule has 0 radical (unpaired) electrons. The Labute approximate surface area is 108 Å². The second kappa shape index (κ2) is 6.35. The number of likely N-dealkylation sites (N-methyl/N-ethyl adjacent to an activating group) is 1. The van der Waals surface area contributed by atoms with Gasteiger partial charge in [0.2, 0.25) is 0 Å². The van der Waals surface area contributed by atoms with Crippen LogP contribution in [0.1, 0.15) is 23.0 Å². The van der Waals surface area contributed by atoms with Gasteiger partial charge in [0.05, 0.1) is 12.6 Å². The number of methoxy groups -OCH3 is 1. The Morgan fingerprint density at radius 3 is 2.78 bits per heavy atom. The Kier molecular flexibility index (Phi) is 5.09. The lowest BCUT2D eigenvalue weighted by Gasteiger charge is -2.24. The number of rotatable bonds is 5. The average molecular weight is 251 g/mol. The highest BCUT2D eigenvalue weighted by atomic mass is 16.5. The molecule has 0 saturated carbocycles. The molecule has 0 spiro atoms. The Morgan fingerprint density at radius 2 is 2.22 bits per heavy atom. The van der Waals surface area contributed by atoms with Crippen molar-refractivity contribution in [1.29, 1.82) is 0 Å². The van der Waals surface area contributed by atoms with E-state index in [1.165, 1.54) is 0 Å². The number of nitrogens with one attached hydrogen (secondary N) is 1. The molecule has 1 aromatic rings. The lowest BCUT2D eigenvalue weighted by Crippen LogP contribution is -2.37. The number of ether oxygens (including phenoxy) is 1. The van der Waals surface area contributed by atoms with E-state index in [1.807, 2.05) is 13.8 Å². The number of carbonyl (C=O) groups excluding carboxylic acids is 1. The fourth-order valence-electron chi connectivity index (χ4n) is 1.68. The largest absolute Gasteiger partial charge is 0.383 e. The van der Waals surface area contributed by atoms with E-state index in [1.54, 1.807) is 38.2 Å². The van der Waals surface area contributed by atoms with Crippen molar-refractivity contribution < 1.29 is 9.53 Å². The molecule has 1 atom stereocenters. The molecule has 0 aromatic carbocycles. The van der Waals surface area contributed by atoms with Crippen LogP contribution in [-0.2, 0) is 4.74 Å². The van der Waals surface area contributed by atoms with E-state index in [2.05, 4.69) is 10.3 Å². The van der Waals surface area contributed by atoms with E-state index in [0.717, 1.165) is 5.69 Å². The highest BCUT2D eigenvalue weighted by molar-refractivity contribution is 5.95. The van der Waals surface area contributed by atoms with Crippen molar-refractivity contribution in [2.45, 2.75) is 19.9 Å². The summed E-state index contributed by atoms with van der Waals surface area (Å²) in [6.45, 7) is 4.34. The van der Waals surface area contributed by atoms with Crippen molar-refractivity contribution in [3.8, 4) is 0 Å². The number of anilines is 1. The summed E-state index contributed by atoms with van der Waals surface area (Å²) in [7, 11) is 5.19. The third kappa shape index (κ3) is 3.43. The Bertz CT molecular complexity index is 421. The topological polar surface area (TPSA) is 54.5 Å². The van der Waals surface area contributed by atoms with Crippen molar-refractivity contribution in [2.75, 3.05) is 33.1 Å². The molecule has 100 valence electrons. The first-order chi connectivity index (χ1) is 8.49. The number of hydrogen-bond acceptors (Lipinski definition) is 4. The molecule has 1 amide bonds. The molecule has 5 heteroatoms. The summed E-state index contributed by atoms with van der Waals surface area (Å²) in [5.41, 5.74) is 1.45. The zero-order chi connectivity index (χ0) is 13.7. The zero-order valence-electron chi connectivity index (χ0n) is 11.7. The van der Waals surface area contributed by atoms with Crippen LogP contribution in [0.3, 0.4) is 0 Å². The lowest BCUT2D eigenvalue weighted by atomic mass is 10.2. The van der Waals surface area contributed by atoms with Gasteiger partial charge >= 0.3 is 0 Å². The minimum absolute atomic E-state index is 0.0263. The van der Waals surface area contributed by atoms with Crippen LogP contribution in [-0.4, -0.2) is 49.6 Å². The Balaban J connectivity index is 2.92. The van der Waals surface area contributed by atoms with Gasteiger partial charge in [-0.25, -0.2) is 4.98 Å². The Morgan fingerprint density at radius 1 is 1.56 bits per heavy atom. The van der Waals surface area contributed by atoms with Crippen molar-refractivity contribution in [1.82, 2.24) is 9.88 Å². The third-order valence-electron chi connectivity index (χ3n) is 2.85. The number of carbonyl (C=O) groups is 1. The first kappa shape index (κ1) is 14.4. The number of nitrogens with zero attached hydrogens (tertiary/aromatic N) is 2. The van der Waals surface area contributed by atoms with Crippen LogP contribution >= 0.6 is 0 Å². The van der Waals surface area contributed by atoms with Crippen LogP contribution in [0.15, 0.2) is 12.1 Å². The lowest BCUT2D eigenvalue weighted by molar-refractivity contribution is 0.0633. The first-order valence-electron chi connectivity index (χ1n) is 5.92. The quantitative estimate of drug-likeness (QED) is 0.862. The summed E-state index contributed by atoms with van der Waals surface area (Å²) in [4.78, 5) is 18.2. The van der Waals surface area contributed by atoms with Gasteiger partial charge in [-0.15, -0.1) is 0 Å². The second-order valence-corrected chi connectivity index (χ2v) is 4.35. The predicted octanol–water partition coefficient (Wildman–Crippen LogP) is 1.54. The molecule has 1 aromatic heterocycles. The molecule has 1 rings (SSSR count). The van der Waals surface area contributed by atoms with Gasteiger partial charge in [0.15, 0.2) is 0 Å². The Hall–Kier alpha value is -1.62. The van der Waals surface area contributed by atoms with E-state index in [9.17, 15) is 4.79 Å². The molecule has 0 fully saturated rings. The number of hydrogen-bond donors (Lipinski definition) is 1. The van der Waals surface area contributed by atoms with Crippen LogP contribution < -0.4 is 5.32 Å². The highest BCUT2D eigenvalue weighted by Crippen LogP contribution is 2.13. The van der Waals surface area contributed by atoms with E-state index in [-0.39, 0.29) is 11.9 Å². The summed E-state index contributed by atoms with van der Waals surface area (Å²) >= 11 is 0. The van der Waals surface area contributed by atoms with Gasteiger partial charge in [-0.05, 0) is 26.0 Å². The first-order valence-corrected chi connectivity index (χ1v) is 5.92. The van der Waals surface area contributed by atoms with Gasteiger partial charge in [-0.1, -0.05) is 0 Å². The van der Waals surface area contributed by atoms with Crippen LogP contribution in [0, 0.1) is 6.92 Å². The molecule has 18 heavy (non-hydrogen) atoms. The predicted molar refractivity (Wildman–Crippen MR) is 72.0 cm³/mol. The molecule has 1 unspecified atom stereocenters. The maximum Gasteiger partial charge on any atom is 0.254 e. The third-order valence-corrected chi connectivity index (χ3v) is 2.85. The second-order valence-electron chi connectivity index (χ2n) is 4.35. The molecule has 1 N–H and O–H groups in total. The summed E-state index contributed by atoms with van der Waals surface area (Å²) in [6.07, 6.45) is 0. The number of pyridine rings is 1. The number of amides is 1. The number of aromatic nitrogens is 1.